The van der Waals surface area contributed by atoms with Crippen LogP contribution in [0.2, 0.25) is 0 Å². The van der Waals surface area contributed by atoms with Gasteiger partial charge in [-0.2, -0.15) is 0 Å². The first-order valence-corrected chi connectivity index (χ1v) is 9.40. The minimum absolute atomic E-state index is 0.00873. The molecule has 1 aliphatic heterocycles. The van der Waals surface area contributed by atoms with Gasteiger partial charge in [-0.25, -0.2) is 0 Å². The summed E-state index contributed by atoms with van der Waals surface area (Å²) in [6.07, 6.45) is 3.49. The molecule has 7 nitrogen and oxygen atoms in total. The lowest BCUT2D eigenvalue weighted by Crippen LogP contribution is -2.46. The van der Waals surface area contributed by atoms with Crippen molar-refractivity contribution in [3.63, 3.8) is 0 Å². The van der Waals surface area contributed by atoms with Crippen LogP contribution in [0.3, 0.4) is 0 Å². The number of nitrogens with two attached hydrogens (primary N) is 1. The fourth-order valence-electron chi connectivity index (χ4n) is 3.52. The van der Waals surface area contributed by atoms with Crippen molar-refractivity contribution < 1.29 is 14.3 Å². The van der Waals surface area contributed by atoms with Gasteiger partial charge in [-0.1, -0.05) is 30.3 Å². The van der Waals surface area contributed by atoms with Crippen LogP contribution in [0.1, 0.15) is 31.4 Å². The van der Waals surface area contributed by atoms with E-state index in [4.69, 9.17) is 15.9 Å². The molecule has 148 valence electrons. The highest BCUT2D eigenvalue weighted by Crippen LogP contribution is 2.34. The Balaban J connectivity index is 1.67. The summed E-state index contributed by atoms with van der Waals surface area (Å²) in [5, 5.41) is 10.3. The maximum atomic E-state index is 12.8. The Morgan fingerprint density at radius 2 is 2.11 bits per heavy atom. The molecule has 2 aliphatic rings. The number of allylic oxidation sites excluding steroid dienone is 2. The van der Waals surface area contributed by atoms with Gasteiger partial charge >= 0.3 is 0 Å². The third-order valence-electron chi connectivity index (χ3n) is 5.11. The van der Waals surface area contributed by atoms with Crippen molar-refractivity contribution in [2.24, 2.45) is 11.7 Å². The number of Topliss-reactive ketones (excluding diaryl/α,β-unsaturated/α-hetero) is 1. The van der Waals surface area contributed by atoms with Gasteiger partial charge in [0.1, 0.15) is 11.6 Å². The van der Waals surface area contributed by atoms with Gasteiger partial charge in [0.2, 0.25) is 6.23 Å². The van der Waals surface area contributed by atoms with Gasteiger partial charge < -0.3 is 20.7 Å². The first-order valence-electron chi connectivity index (χ1n) is 9.40. The zero-order valence-corrected chi connectivity index (χ0v) is 16.2. The van der Waals surface area contributed by atoms with Gasteiger partial charge in [-0.05, 0) is 30.6 Å². The monoisotopic (exact) mass is 382 g/mol. The van der Waals surface area contributed by atoms with E-state index in [1.807, 2.05) is 43.2 Å². The molecule has 0 radical (unpaired) electrons. The van der Waals surface area contributed by atoms with E-state index in [-0.39, 0.29) is 23.4 Å². The molecule has 2 unspecified atom stereocenters. The molecule has 3 rings (SSSR count). The van der Waals surface area contributed by atoms with Crippen LogP contribution in [0, 0.1) is 11.3 Å². The number of nitrogens with one attached hydrogen (secondary N) is 2. The van der Waals surface area contributed by atoms with Crippen LogP contribution in [0.4, 0.5) is 0 Å². The number of benzene rings is 1. The van der Waals surface area contributed by atoms with Crippen molar-refractivity contribution in [1.29, 1.82) is 5.41 Å². The molecule has 28 heavy (non-hydrogen) atoms. The molecule has 1 aliphatic carbocycles. The van der Waals surface area contributed by atoms with Crippen molar-refractivity contribution in [2.45, 2.75) is 33.0 Å². The number of fused-ring (bicyclic) bond motifs is 1. The first-order chi connectivity index (χ1) is 13.4. The van der Waals surface area contributed by atoms with Crippen molar-refractivity contribution in [3.05, 3.63) is 58.8 Å². The first kappa shape index (κ1) is 19.8. The molecule has 2 atom stereocenters. The zero-order chi connectivity index (χ0) is 20.3. The average Bonchev–Trinajstić information content (AvgIpc) is 3.14. The van der Waals surface area contributed by atoms with Crippen LogP contribution < -0.4 is 11.1 Å². The minimum Gasteiger partial charge on any atom is -0.384 e. The Morgan fingerprint density at radius 1 is 1.39 bits per heavy atom. The van der Waals surface area contributed by atoms with E-state index in [1.54, 1.807) is 12.1 Å². The average molecular weight is 382 g/mol. The van der Waals surface area contributed by atoms with Gasteiger partial charge in [-0.3, -0.25) is 15.0 Å². The van der Waals surface area contributed by atoms with E-state index in [2.05, 4.69) is 5.32 Å². The summed E-state index contributed by atoms with van der Waals surface area (Å²) in [6.45, 7) is 5.03. The second-order valence-corrected chi connectivity index (χ2v) is 7.03. The molecule has 1 aromatic rings. The van der Waals surface area contributed by atoms with Crippen LogP contribution >= 0.6 is 0 Å². The molecule has 1 heterocycles. The molecular formula is C21H26N4O3. The number of amidine groups is 1. The SMILES string of the molecule is CCOC(C(=O)NCc1ccc(C(=N)N)cc1)N1C=C2C(C)=CCC(=O)C2C1. The highest BCUT2D eigenvalue weighted by molar-refractivity contribution is 5.94. The van der Waals surface area contributed by atoms with Crippen molar-refractivity contribution in [1.82, 2.24) is 10.2 Å². The van der Waals surface area contributed by atoms with E-state index in [0.29, 0.717) is 31.7 Å². The fourth-order valence-corrected chi connectivity index (χ4v) is 3.52. The van der Waals surface area contributed by atoms with Crippen LogP contribution in [0.5, 0.6) is 0 Å². The Labute approximate surface area is 164 Å². The van der Waals surface area contributed by atoms with E-state index in [1.165, 1.54) is 0 Å². The summed E-state index contributed by atoms with van der Waals surface area (Å²) in [5.74, 6) is -0.239. The highest BCUT2D eigenvalue weighted by atomic mass is 16.5. The number of amides is 1. The predicted octanol–water partition coefficient (Wildman–Crippen LogP) is 1.68. The maximum absolute atomic E-state index is 12.8. The number of hydrogen-bond acceptors (Lipinski definition) is 5. The van der Waals surface area contributed by atoms with Crippen molar-refractivity contribution in [2.75, 3.05) is 13.2 Å². The normalized spacial score (nSPS) is 19.6. The topological polar surface area (TPSA) is 109 Å². The molecule has 0 aromatic heterocycles. The molecule has 0 saturated carbocycles. The van der Waals surface area contributed by atoms with Crippen LogP contribution in [-0.4, -0.2) is 41.8 Å². The van der Waals surface area contributed by atoms with Crippen LogP contribution in [-0.2, 0) is 20.9 Å². The largest absolute Gasteiger partial charge is 0.384 e. The lowest BCUT2D eigenvalue weighted by Gasteiger charge is -2.27. The molecule has 7 heteroatoms. The van der Waals surface area contributed by atoms with E-state index < -0.39 is 6.23 Å². The second-order valence-electron chi connectivity index (χ2n) is 7.03. The molecule has 0 spiro atoms. The molecule has 1 aromatic carbocycles. The quantitative estimate of drug-likeness (QED) is 0.491. The highest BCUT2D eigenvalue weighted by Gasteiger charge is 2.37. The summed E-state index contributed by atoms with van der Waals surface area (Å²) >= 11 is 0. The third-order valence-corrected chi connectivity index (χ3v) is 5.11. The van der Waals surface area contributed by atoms with Gasteiger partial charge in [0.05, 0.1) is 5.92 Å². The lowest BCUT2D eigenvalue weighted by atomic mass is 9.85. The molecular weight excluding hydrogens is 356 g/mol. The Morgan fingerprint density at radius 3 is 2.71 bits per heavy atom. The Bertz CT molecular complexity index is 842. The standard InChI is InChI=1S/C21H26N4O3/c1-3-28-21(25-11-16-13(2)4-9-18(26)17(16)12-25)20(27)24-10-14-5-7-15(8-6-14)19(22)23/h4-8,11,17,21H,3,9-10,12H2,1-2H3,(H3,22,23)(H,24,27). The Kier molecular flexibility index (Phi) is 5.94. The molecule has 0 bridgehead atoms. The van der Waals surface area contributed by atoms with Crippen LogP contribution in [0.15, 0.2) is 47.7 Å². The zero-order valence-electron chi connectivity index (χ0n) is 16.2. The molecule has 0 fully saturated rings. The predicted molar refractivity (Wildman–Crippen MR) is 106 cm³/mol. The molecule has 1 amide bonds. The summed E-state index contributed by atoms with van der Waals surface area (Å²) in [7, 11) is 0. The van der Waals surface area contributed by atoms with Gasteiger partial charge in [0.15, 0.2) is 0 Å². The number of hydrogen-bond donors (Lipinski definition) is 3. The minimum atomic E-state index is -0.778. The number of nitrogen functional groups attached to an aromatic ring is 1. The van der Waals surface area contributed by atoms with Gasteiger partial charge in [0.25, 0.3) is 5.91 Å². The van der Waals surface area contributed by atoms with Gasteiger partial charge in [-0.15, -0.1) is 0 Å². The number of carbonyl (C=O) groups excluding carboxylic acids is 2. The van der Waals surface area contributed by atoms with Crippen LogP contribution in [0.25, 0.3) is 0 Å². The Hall–Kier alpha value is -2.93. The molecule has 4 N–H and O–H groups in total. The third kappa shape index (κ3) is 4.14. The maximum Gasteiger partial charge on any atom is 0.270 e. The summed E-state index contributed by atoms with van der Waals surface area (Å²) < 4.78 is 5.70. The van der Waals surface area contributed by atoms with E-state index in [9.17, 15) is 9.59 Å². The summed E-state index contributed by atoms with van der Waals surface area (Å²) in [4.78, 5) is 26.8. The summed E-state index contributed by atoms with van der Waals surface area (Å²) in [6, 6.07) is 7.15. The van der Waals surface area contributed by atoms with Crippen molar-refractivity contribution in [3.8, 4) is 0 Å². The fraction of sp³-hybridized carbons (Fsp3) is 0.381. The second kappa shape index (κ2) is 8.39. The van der Waals surface area contributed by atoms with E-state index >= 15 is 0 Å². The lowest BCUT2D eigenvalue weighted by molar-refractivity contribution is -0.143. The number of nitrogens with zero attached hydrogens (tertiary/aromatic N) is 1. The number of ketones is 1. The number of carbonyl (C=O) groups is 2. The smallest absolute Gasteiger partial charge is 0.270 e. The number of ether oxygens (including phenoxy) is 1. The summed E-state index contributed by atoms with van der Waals surface area (Å²) in [5.41, 5.74) is 9.07. The van der Waals surface area contributed by atoms with E-state index in [0.717, 1.165) is 16.7 Å². The van der Waals surface area contributed by atoms with Crippen molar-refractivity contribution >= 4 is 17.5 Å². The van der Waals surface area contributed by atoms with Gasteiger partial charge in [0, 0.05) is 37.9 Å². The molecule has 0 saturated heterocycles. The number of rotatable bonds is 7.